The Morgan fingerprint density at radius 2 is 1.76 bits per heavy atom. The molecule has 2 aromatic carbocycles. The number of aliphatic hydroxyl groups is 1. The number of aryl methyl sites for hydroxylation is 1. The van der Waals surface area contributed by atoms with Crippen LogP contribution in [0.25, 0.3) is 6.08 Å². The van der Waals surface area contributed by atoms with Crippen LogP contribution >= 0.6 is 0 Å². The molecule has 0 fully saturated rings. The third-order valence-corrected chi connectivity index (χ3v) is 6.81. The van der Waals surface area contributed by atoms with Crippen LogP contribution in [0.2, 0.25) is 0 Å². The molecule has 2 unspecified atom stereocenters. The number of hydrogen-bond acceptors (Lipinski definition) is 4. The van der Waals surface area contributed by atoms with Gasteiger partial charge in [-0.25, -0.2) is 0 Å². The van der Waals surface area contributed by atoms with Crippen LogP contribution in [0.5, 0.6) is 0 Å². The maximum absolute atomic E-state index is 12.8. The van der Waals surface area contributed by atoms with Gasteiger partial charge in [0.25, 0.3) is 5.91 Å². The average Bonchev–Trinajstić information content (AvgIpc) is 2.91. The van der Waals surface area contributed by atoms with Crippen molar-refractivity contribution in [3.63, 3.8) is 0 Å². The number of amides is 1. The second-order valence-electron chi connectivity index (χ2n) is 9.78. The molecule has 2 aromatic rings. The van der Waals surface area contributed by atoms with Gasteiger partial charge in [-0.15, -0.1) is 0 Å². The fourth-order valence-electron chi connectivity index (χ4n) is 4.37. The lowest BCUT2D eigenvalue weighted by molar-refractivity contribution is -0.111. The number of hydrogen-bond donors (Lipinski definition) is 2. The molecule has 2 N–H and O–H groups in total. The standard InChI is InChI=1S/C32H40N2O3/c1-4-5-6-7-8-25-9-14-27(15-10-25)32(37)33-30-19-16-28(23-24(30)2)31(36)20-13-26-11-17-29(18-12-26)34(3)21-22-35/h9-20,23-24,30,35H,4-8,21-22H2,1-3H3,(H,33,37)/b20-13+. The minimum Gasteiger partial charge on any atom is -0.395 e. The van der Waals surface area contributed by atoms with Gasteiger partial charge in [0.2, 0.25) is 0 Å². The van der Waals surface area contributed by atoms with Crippen molar-refractivity contribution in [2.45, 2.75) is 52.0 Å². The summed E-state index contributed by atoms with van der Waals surface area (Å²) in [7, 11) is 1.93. The fraction of sp³-hybridized carbons (Fsp3) is 0.375. The molecular formula is C32H40N2O3. The number of carbonyl (C=O) groups excluding carboxylic acids is 2. The van der Waals surface area contributed by atoms with Crippen molar-refractivity contribution in [1.82, 2.24) is 5.32 Å². The van der Waals surface area contributed by atoms with E-state index in [2.05, 4.69) is 12.2 Å². The number of aliphatic hydroxyl groups excluding tert-OH is 1. The van der Waals surface area contributed by atoms with E-state index in [1.807, 2.05) is 79.6 Å². The molecule has 0 saturated heterocycles. The van der Waals surface area contributed by atoms with Crippen LogP contribution in [-0.2, 0) is 11.2 Å². The van der Waals surface area contributed by atoms with Crippen molar-refractivity contribution in [2.24, 2.45) is 5.92 Å². The summed E-state index contributed by atoms with van der Waals surface area (Å²) >= 11 is 0. The minimum atomic E-state index is -0.162. The van der Waals surface area contributed by atoms with Gasteiger partial charge in [-0.1, -0.05) is 81.7 Å². The zero-order valence-corrected chi connectivity index (χ0v) is 22.3. The molecule has 37 heavy (non-hydrogen) atoms. The third-order valence-electron chi connectivity index (χ3n) is 6.81. The highest BCUT2D eigenvalue weighted by Crippen LogP contribution is 2.20. The highest BCUT2D eigenvalue weighted by Gasteiger charge is 2.21. The Bertz CT molecular complexity index is 1110. The largest absolute Gasteiger partial charge is 0.395 e. The number of unbranched alkanes of at least 4 members (excludes halogenated alkanes) is 3. The molecule has 0 aromatic heterocycles. The Kier molecular flexibility index (Phi) is 10.9. The van der Waals surface area contributed by atoms with Crippen LogP contribution in [0.1, 0.15) is 61.0 Å². The lowest BCUT2D eigenvalue weighted by atomic mass is 9.91. The Balaban J connectivity index is 1.51. The van der Waals surface area contributed by atoms with Gasteiger partial charge < -0.3 is 15.3 Å². The summed E-state index contributed by atoms with van der Waals surface area (Å²) in [5, 5.41) is 12.2. The number of ketones is 1. The maximum Gasteiger partial charge on any atom is 0.251 e. The highest BCUT2D eigenvalue weighted by atomic mass is 16.3. The first-order chi connectivity index (χ1) is 17.9. The number of nitrogens with zero attached hydrogens (tertiary/aromatic N) is 1. The number of nitrogens with one attached hydrogen (secondary N) is 1. The van der Waals surface area contributed by atoms with Gasteiger partial charge in [-0.2, -0.15) is 0 Å². The molecular weight excluding hydrogens is 460 g/mol. The molecule has 0 bridgehead atoms. The van der Waals surface area contributed by atoms with E-state index in [1.54, 1.807) is 18.2 Å². The number of allylic oxidation sites excluding steroid dienone is 3. The van der Waals surface area contributed by atoms with Crippen LogP contribution < -0.4 is 10.2 Å². The quantitative estimate of drug-likeness (QED) is 0.271. The maximum atomic E-state index is 12.8. The number of likely N-dealkylation sites (N-methyl/N-ethyl adjacent to an activating group) is 1. The van der Waals surface area contributed by atoms with Gasteiger partial charge in [0, 0.05) is 30.4 Å². The van der Waals surface area contributed by atoms with E-state index >= 15 is 0 Å². The average molecular weight is 501 g/mol. The van der Waals surface area contributed by atoms with Crippen molar-refractivity contribution in [2.75, 3.05) is 25.1 Å². The Labute approximate surface area is 221 Å². The van der Waals surface area contributed by atoms with Gasteiger partial charge in [-0.3, -0.25) is 9.59 Å². The van der Waals surface area contributed by atoms with E-state index < -0.39 is 0 Å². The molecule has 1 amide bonds. The minimum absolute atomic E-state index is 0.000448. The second kappa shape index (κ2) is 14.3. The fourth-order valence-corrected chi connectivity index (χ4v) is 4.37. The van der Waals surface area contributed by atoms with Crippen molar-refractivity contribution >= 4 is 23.5 Å². The van der Waals surface area contributed by atoms with Crippen LogP contribution in [0.15, 0.2) is 78.4 Å². The predicted octanol–water partition coefficient (Wildman–Crippen LogP) is 5.75. The number of anilines is 1. The van der Waals surface area contributed by atoms with Gasteiger partial charge in [-0.05, 0) is 60.2 Å². The van der Waals surface area contributed by atoms with E-state index in [4.69, 9.17) is 5.11 Å². The molecule has 0 heterocycles. The van der Waals surface area contributed by atoms with Gasteiger partial charge in [0.15, 0.2) is 5.78 Å². The first-order valence-corrected chi connectivity index (χ1v) is 13.4. The molecule has 0 spiro atoms. The SMILES string of the molecule is CCCCCCc1ccc(C(=O)NC2C=CC(C(=O)/C=C/c3ccc(N(C)CCO)cc3)=CC2C)cc1. The molecule has 0 saturated carbocycles. The summed E-state index contributed by atoms with van der Waals surface area (Å²) in [4.78, 5) is 27.5. The van der Waals surface area contributed by atoms with Crippen molar-refractivity contribution in [3.05, 3.63) is 95.1 Å². The van der Waals surface area contributed by atoms with Crippen LogP contribution in [0.3, 0.4) is 0 Å². The van der Waals surface area contributed by atoms with E-state index in [-0.39, 0.29) is 30.3 Å². The van der Waals surface area contributed by atoms with Crippen molar-refractivity contribution in [1.29, 1.82) is 0 Å². The first kappa shape index (κ1) is 28.1. The molecule has 2 atom stereocenters. The molecule has 1 aliphatic carbocycles. The molecule has 5 heteroatoms. The summed E-state index contributed by atoms with van der Waals surface area (Å²) in [5.41, 5.74) is 4.49. The van der Waals surface area contributed by atoms with Gasteiger partial charge in [0.1, 0.15) is 0 Å². The Hall–Kier alpha value is -3.44. The summed E-state index contributed by atoms with van der Waals surface area (Å²) in [6.07, 6.45) is 15.0. The lowest BCUT2D eigenvalue weighted by Crippen LogP contribution is -2.38. The van der Waals surface area contributed by atoms with E-state index in [9.17, 15) is 9.59 Å². The molecule has 0 radical (unpaired) electrons. The molecule has 3 rings (SSSR count). The molecule has 196 valence electrons. The predicted molar refractivity (Wildman–Crippen MR) is 153 cm³/mol. The lowest BCUT2D eigenvalue weighted by Gasteiger charge is -2.23. The third kappa shape index (κ3) is 8.57. The number of benzene rings is 2. The normalized spacial score (nSPS) is 17.0. The van der Waals surface area contributed by atoms with Crippen molar-refractivity contribution in [3.8, 4) is 0 Å². The van der Waals surface area contributed by atoms with E-state index in [0.29, 0.717) is 17.7 Å². The first-order valence-electron chi connectivity index (χ1n) is 13.4. The zero-order valence-electron chi connectivity index (χ0n) is 22.3. The summed E-state index contributed by atoms with van der Waals surface area (Å²) in [5.74, 6) is -0.167. The van der Waals surface area contributed by atoms with Crippen molar-refractivity contribution < 1.29 is 14.7 Å². The number of rotatable bonds is 13. The van der Waals surface area contributed by atoms with E-state index in [0.717, 1.165) is 17.7 Å². The Morgan fingerprint density at radius 3 is 2.41 bits per heavy atom. The number of carbonyl (C=O) groups is 2. The second-order valence-corrected chi connectivity index (χ2v) is 9.78. The molecule has 0 aliphatic heterocycles. The van der Waals surface area contributed by atoms with Crippen LogP contribution in [0, 0.1) is 5.92 Å². The summed E-state index contributed by atoms with van der Waals surface area (Å²) in [6.45, 7) is 4.89. The monoisotopic (exact) mass is 500 g/mol. The van der Waals surface area contributed by atoms with Gasteiger partial charge >= 0.3 is 0 Å². The highest BCUT2D eigenvalue weighted by molar-refractivity contribution is 6.08. The Morgan fingerprint density at radius 1 is 1.03 bits per heavy atom. The molecule has 1 aliphatic rings. The molecule has 5 nitrogen and oxygen atoms in total. The van der Waals surface area contributed by atoms with Crippen LogP contribution in [0.4, 0.5) is 5.69 Å². The zero-order chi connectivity index (χ0) is 26.6. The topological polar surface area (TPSA) is 69.6 Å². The van der Waals surface area contributed by atoms with Gasteiger partial charge in [0.05, 0.1) is 12.6 Å². The summed E-state index contributed by atoms with van der Waals surface area (Å²) < 4.78 is 0. The smallest absolute Gasteiger partial charge is 0.251 e. The summed E-state index contributed by atoms with van der Waals surface area (Å²) in [6, 6.07) is 15.6. The van der Waals surface area contributed by atoms with E-state index in [1.165, 1.54) is 31.2 Å². The van der Waals surface area contributed by atoms with Crippen LogP contribution in [-0.4, -0.2) is 43.0 Å².